The molecule has 0 saturated carbocycles. The zero-order valence-corrected chi connectivity index (χ0v) is 30.1. The summed E-state index contributed by atoms with van der Waals surface area (Å²) in [5.41, 5.74) is 4.33. The minimum Gasteiger partial charge on any atom is -0.508 e. The summed E-state index contributed by atoms with van der Waals surface area (Å²) in [5, 5.41) is 50.0. The lowest BCUT2D eigenvalue weighted by molar-refractivity contribution is -0.159. The quantitative estimate of drug-likeness (QED) is 0.0962. The molecule has 3 heterocycles. The Hall–Kier alpha value is -5.84. The van der Waals surface area contributed by atoms with Gasteiger partial charge in [-0.15, -0.1) is 11.3 Å². The highest BCUT2D eigenvalue weighted by Crippen LogP contribution is 2.41. The normalized spacial score (nSPS) is 15.4. The van der Waals surface area contributed by atoms with Gasteiger partial charge in [0.15, 0.2) is 5.78 Å². The highest BCUT2D eigenvalue weighted by molar-refractivity contribution is 7.22. The van der Waals surface area contributed by atoms with Gasteiger partial charge in [-0.3, -0.25) is 19.4 Å². The van der Waals surface area contributed by atoms with Crippen LogP contribution in [0.1, 0.15) is 52.7 Å². The van der Waals surface area contributed by atoms with E-state index in [-0.39, 0.29) is 17.6 Å². The molecule has 0 unspecified atom stereocenters. The molecule has 3 aromatic carbocycles. The third kappa shape index (κ3) is 10.6. The first-order chi connectivity index (χ1) is 25.7. The van der Waals surface area contributed by atoms with Gasteiger partial charge in [0, 0.05) is 44.7 Å². The van der Waals surface area contributed by atoms with Gasteiger partial charge in [-0.1, -0.05) is 36.4 Å². The predicted molar refractivity (Wildman–Crippen MR) is 196 cm³/mol. The molecule has 2 aliphatic heterocycles. The van der Waals surface area contributed by atoms with Gasteiger partial charge in [-0.2, -0.15) is 0 Å². The summed E-state index contributed by atoms with van der Waals surface area (Å²) in [6, 6.07) is 18.7. The summed E-state index contributed by atoms with van der Waals surface area (Å²) < 4.78 is 6.58. The second-order valence-electron chi connectivity index (χ2n) is 12.5. The van der Waals surface area contributed by atoms with E-state index in [0.717, 1.165) is 76.4 Å². The van der Waals surface area contributed by atoms with Gasteiger partial charge in [0.1, 0.15) is 17.5 Å². The van der Waals surface area contributed by atoms with Crippen LogP contribution in [0.25, 0.3) is 20.5 Å². The number of likely N-dealkylation sites (tertiary alicyclic amines) is 2. The number of aromatic hydroxyl groups is 1. The largest absolute Gasteiger partial charge is 0.508 e. The molecule has 16 heteroatoms. The maximum atomic E-state index is 14.2. The highest BCUT2D eigenvalue weighted by atomic mass is 32.1. The summed E-state index contributed by atoms with van der Waals surface area (Å²) in [5.74, 6) is -7.23. The molecular weight excluding hydrogens is 724 g/mol. The molecule has 4 aromatic rings. The topological polar surface area (TPSA) is 240 Å². The van der Waals surface area contributed by atoms with Crippen LogP contribution in [0.2, 0.25) is 0 Å². The number of carbonyl (C=O) groups is 6. The number of fused-ring (bicyclic) bond motifs is 1. The number of phenols is 1. The van der Waals surface area contributed by atoms with Crippen LogP contribution in [0.3, 0.4) is 0 Å². The Morgan fingerprint density at radius 3 is 1.98 bits per heavy atom. The first-order valence-corrected chi connectivity index (χ1v) is 17.7. The molecule has 1 aromatic heterocycles. The molecule has 6 N–H and O–H groups in total. The van der Waals surface area contributed by atoms with E-state index in [2.05, 4.69) is 21.9 Å². The number of thiophene rings is 1. The van der Waals surface area contributed by atoms with E-state index in [1.54, 1.807) is 19.2 Å². The van der Waals surface area contributed by atoms with Crippen LogP contribution in [0, 0.1) is 0 Å². The highest BCUT2D eigenvalue weighted by Gasteiger charge is 2.30. The van der Waals surface area contributed by atoms with Gasteiger partial charge in [0.2, 0.25) is 0 Å². The lowest BCUT2D eigenvalue weighted by atomic mass is 9.96. The Labute approximate surface area is 313 Å². The average molecular weight is 765 g/mol. The van der Waals surface area contributed by atoms with Crippen molar-refractivity contribution in [3.05, 3.63) is 82.9 Å². The zero-order valence-electron chi connectivity index (χ0n) is 29.3. The van der Waals surface area contributed by atoms with Crippen LogP contribution < -0.4 is 4.74 Å². The van der Waals surface area contributed by atoms with Gasteiger partial charge in [0.25, 0.3) is 0 Å². The summed E-state index contributed by atoms with van der Waals surface area (Å²) >= 11 is 1.50. The zero-order chi connectivity index (χ0) is 39.5. The van der Waals surface area contributed by atoms with E-state index in [9.17, 15) is 19.8 Å². The number of methoxy groups -OCH3 is 1. The van der Waals surface area contributed by atoms with Crippen molar-refractivity contribution >= 4 is 57.1 Å². The molecule has 0 amide bonds. The molecule has 286 valence electrons. The molecule has 2 saturated heterocycles. The predicted octanol–water partition coefficient (Wildman–Crippen LogP) is 4.51. The fraction of sp³-hybridized carbons (Fsp3) is 0.316. The van der Waals surface area contributed by atoms with Crippen molar-refractivity contribution in [3.63, 3.8) is 0 Å². The lowest BCUT2D eigenvalue weighted by Crippen LogP contribution is -2.37. The number of benzene rings is 3. The molecule has 0 aliphatic carbocycles. The summed E-state index contributed by atoms with van der Waals surface area (Å²) in [7, 11) is 1.65. The Bertz CT molecular complexity index is 1970. The molecule has 0 radical (unpaired) electrons. The van der Waals surface area contributed by atoms with Gasteiger partial charge < -0.3 is 35.4 Å². The fourth-order valence-electron chi connectivity index (χ4n) is 6.33. The number of ketones is 1. The van der Waals surface area contributed by atoms with Crippen LogP contribution in [0.4, 0.5) is 0 Å². The second kappa shape index (κ2) is 18.8. The van der Waals surface area contributed by atoms with E-state index >= 15 is 0 Å². The number of carboxylic acids is 5. The molecule has 2 aliphatic rings. The van der Waals surface area contributed by atoms with Crippen LogP contribution >= 0.6 is 11.3 Å². The number of phenolic OH excluding ortho intramolecular Hbond substituents is 1. The Morgan fingerprint density at radius 1 is 0.778 bits per heavy atom. The third-order valence-electron chi connectivity index (χ3n) is 8.96. The number of ether oxygens (including phenoxy) is 1. The van der Waals surface area contributed by atoms with Crippen LogP contribution in [-0.4, -0.2) is 115 Å². The van der Waals surface area contributed by atoms with E-state index in [4.69, 9.17) is 44.3 Å². The van der Waals surface area contributed by atoms with Crippen LogP contribution in [0.5, 0.6) is 11.5 Å². The standard InChI is InChI=1S/C34H36N2O5S.2C2H2O4/c1-41-29-19-24(10-11-25(29)21-35-15-2-3-16-35)32(38)31-27-13-12-26(37)20-30(27)42-33(31)23-8-6-22(7-9-23)14-18-36-17-4-5-28(36)34(39)40;2*3-1(4)2(5)6/h6-13,19-20,28,37H,2-5,14-18,21H2,1H3,(H,39,40);2*(H,3,4)(H,5,6)/t28-;;/m0../s1. The first kappa shape index (κ1) is 40.9. The maximum absolute atomic E-state index is 14.2. The summed E-state index contributed by atoms with van der Waals surface area (Å²) in [4.78, 5) is 67.4. The van der Waals surface area contributed by atoms with Gasteiger partial charge in [-0.05, 0) is 87.1 Å². The number of hydrogen-bond donors (Lipinski definition) is 6. The fourth-order valence-corrected chi connectivity index (χ4v) is 7.56. The van der Waals surface area contributed by atoms with Crippen molar-refractivity contribution in [2.45, 2.75) is 44.7 Å². The number of hydrogen-bond acceptors (Lipinski definition) is 11. The Kier molecular flexibility index (Phi) is 14.2. The SMILES string of the molecule is COc1cc(C(=O)c2c(-c3ccc(CCN4CCC[C@H]4C(=O)O)cc3)sc3cc(O)ccc23)ccc1CN1CCCC1.O=C(O)C(=O)O.O=C(O)C(=O)O. The second-order valence-corrected chi connectivity index (χ2v) is 13.6. The summed E-state index contributed by atoms with van der Waals surface area (Å²) in [6.07, 6.45) is 4.82. The molecule has 0 spiro atoms. The molecular formula is C38H40N2O13S. The average Bonchev–Trinajstić information content (AvgIpc) is 3.92. The van der Waals surface area contributed by atoms with Crippen molar-refractivity contribution < 1.29 is 64.1 Å². The number of aliphatic carboxylic acids is 5. The molecule has 54 heavy (non-hydrogen) atoms. The van der Waals surface area contributed by atoms with Crippen molar-refractivity contribution in [1.82, 2.24) is 9.80 Å². The van der Waals surface area contributed by atoms with Gasteiger partial charge >= 0.3 is 29.8 Å². The smallest absolute Gasteiger partial charge is 0.414 e. The molecule has 6 rings (SSSR count). The van der Waals surface area contributed by atoms with Gasteiger partial charge in [-0.25, -0.2) is 19.2 Å². The monoisotopic (exact) mass is 764 g/mol. The lowest BCUT2D eigenvalue weighted by Gasteiger charge is -2.20. The molecule has 15 nitrogen and oxygen atoms in total. The number of carbonyl (C=O) groups excluding carboxylic acids is 1. The first-order valence-electron chi connectivity index (χ1n) is 16.9. The number of nitrogens with zero attached hydrogens (tertiary/aromatic N) is 2. The van der Waals surface area contributed by atoms with Crippen molar-refractivity contribution in [1.29, 1.82) is 0 Å². The molecule has 2 fully saturated rings. The van der Waals surface area contributed by atoms with Crippen molar-refractivity contribution in [2.75, 3.05) is 33.3 Å². The number of carboxylic acid groups (broad SMARTS) is 5. The minimum absolute atomic E-state index is 0.0780. The maximum Gasteiger partial charge on any atom is 0.414 e. The van der Waals surface area contributed by atoms with E-state index in [1.807, 2.05) is 36.4 Å². The van der Waals surface area contributed by atoms with E-state index in [0.29, 0.717) is 24.1 Å². The van der Waals surface area contributed by atoms with Crippen LogP contribution in [-0.2, 0) is 36.9 Å². The Morgan fingerprint density at radius 2 is 1.41 bits per heavy atom. The molecule has 0 bridgehead atoms. The van der Waals surface area contributed by atoms with Crippen molar-refractivity contribution in [2.24, 2.45) is 0 Å². The number of rotatable bonds is 10. The van der Waals surface area contributed by atoms with Crippen molar-refractivity contribution in [3.8, 4) is 21.9 Å². The van der Waals surface area contributed by atoms with Crippen LogP contribution in [0.15, 0.2) is 60.7 Å². The summed E-state index contributed by atoms with van der Waals surface area (Å²) in [6.45, 7) is 4.50. The van der Waals surface area contributed by atoms with Gasteiger partial charge in [0.05, 0.1) is 7.11 Å². The molecule has 1 atom stereocenters. The minimum atomic E-state index is -1.82. The van der Waals surface area contributed by atoms with E-state index in [1.165, 1.54) is 24.2 Å². The Balaban J connectivity index is 0.000000470. The third-order valence-corrected chi connectivity index (χ3v) is 10.2. The van der Waals surface area contributed by atoms with E-state index < -0.39 is 29.8 Å².